The smallest absolute Gasteiger partial charge is 0.305 e. The maximum atomic E-state index is 13.0. The van der Waals surface area contributed by atoms with Crippen LogP contribution in [0.15, 0.2) is 0 Å². The van der Waals surface area contributed by atoms with Crippen LogP contribution in [-0.4, -0.2) is 57.3 Å². The molecule has 0 aliphatic rings. The number of aliphatic hydroxyl groups is 3. The number of rotatable bonds is 42. The zero-order valence-corrected chi connectivity index (χ0v) is 35.3. The van der Waals surface area contributed by atoms with Crippen LogP contribution in [0.5, 0.6) is 0 Å². The summed E-state index contributed by atoms with van der Waals surface area (Å²) in [4.78, 5) is 38.4. The van der Waals surface area contributed by atoms with E-state index in [2.05, 4.69) is 13.8 Å². The van der Waals surface area contributed by atoms with Crippen molar-refractivity contribution in [3.63, 3.8) is 0 Å². The van der Waals surface area contributed by atoms with Gasteiger partial charge in [-0.05, 0) is 19.3 Å². The monoisotopic (exact) mass is 753 g/mol. The molecule has 3 N–H and O–H groups in total. The van der Waals surface area contributed by atoms with Gasteiger partial charge in [0, 0.05) is 19.3 Å². The fourth-order valence-corrected chi connectivity index (χ4v) is 7.27. The van der Waals surface area contributed by atoms with E-state index < -0.39 is 42.0 Å². The van der Waals surface area contributed by atoms with Gasteiger partial charge >= 0.3 is 5.97 Å². The van der Waals surface area contributed by atoms with Crippen LogP contribution in [0, 0.1) is 0 Å². The second-order valence-corrected chi connectivity index (χ2v) is 16.2. The van der Waals surface area contributed by atoms with E-state index in [1.54, 1.807) is 0 Å². The second-order valence-electron chi connectivity index (χ2n) is 16.2. The Morgan fingerprint density at radius 1 is 0.396 bits per heavy atom. The van der Waals surface area contributed by atoms with Gasteiger partial charge in [-0.1, -0.05) is 213 Å². The molecule has 0 aliphatic heterocycles. The number of esters is 1. The molecule has 0 aromatic heterocycles. The molecule has 0 aromatic rings. The van der Waals surface area contributed by atoms with E-state index in [1.807, 2.05) is 6.92 Å². The third kappa shape index (κ3) is 29.6. The van der Waals surface area contributed by atoms with Crippen molar-refractivity contribution in [1.29, 1.82) is 0 Å². The zero-order valence-electron chi connectivity index (χ0n) is 35.3. The summed E-state index contributed by atoms with van der Waals surface area (Å²) in [6.07, 6.45) is 34.5. The molecule has 0 aromatic carbocycles. The Kier molecular flexibility index (Phi) is 36.7. The van der Waals surface area contributed by atoms with Crippen molar-refractivity contribution in [3.8, 4) is 0 Å². The molecule has 0 rings (SSSR count). The first-order valence-electron chi connectivity index (χ1n) is 23.0. The lowest BCUT2D eigenvalue weighted by atomic mass is 9.83. The van der Waals surface area contributed by atoms with Gasteiger partial charge in [0.25, 0.3) is 0 Å². The molecule has 0 radical (unpaired) electrons. The number of aliphatic hydroxyl groups excluding tert-OH is 2. The molecule has 0 aliphatic carbocycles. The van der Waals surface area contributed by atoms with Gasteiger partial charge in [0.2, 0.25) is 0 Å². The quantitative estimate of drug-likeness (QED) is 0.0419. The topological polar surface area (TPSA) is 121 Å². The van der Waals surface area contributed by atoms with Crippen LogP contribution in [0.1, 0.15) is 252 Å². The lowest BCUT2D eigenvalue weighted by molar-refractivity contribution is -0.192. The minimum absolute atomic E-state index is 0.0339. The highest BCUT2D eigenvalue weighted by atomic mass is 16.5. The minimum Gasteiger partial charge on any atom is -0.462 e. The summed E-state index contributed by atoms with van der Waals surface area (Å²) >= 11 is 0. The average Bonchev–Trinajstić information content (AvgIpc) is 3.16. The molecular weight excluding hydrogens is 664 g/mol. The first-order chi connectivity index (χ1) is 25.7. The van der Waals surface area contributed by atoms with E-state index in [9.17, 15) is 29.7 Å². The molecule has 0 saturated heterocycles. The van der Waals surface area contributed by atoms with Crippen LogP contribution in [0.3, 0.4) is 0 Å². The first kappa shape index (κ1) is 51.7. The molecule has 53 heavy (non-hydrogen) atoms. The van der Waals surface area contributed by atoms with E-state index in [4.69, 9.17) is 4.74 Å². The molecule has 314 valence electrons. The molecular formula is C46H88O7. The third-order valence-corrected chi connectivity index (χ3v) is 11.1. The Labute approximate surface area is 327 Å². The van der Waals surface area contributed by atoms with Gasteiger partial charge in [-0.25, -0.2) is 0 Å². The Bertz CT molecular complexity index is 792. The van der Waals surface area contributed by atoms with Gasteiger partial charge in [0.1, 0.15) is 18.8 Å². The van der Waals surface area contributed by atoms with Gasteiger partial charge < -0.3 is 20.1 Å². The lowest BCUT2D eigenvalue weighted by Gasteiger charge is -2.35. The van der Waals surface area contributed by atoms with E-state index in [-0.39, 0.29) is 19.3 Å². The number of carbonyl (C=O) groups is 3. The van der Waals surface area contributed by atoms with Crippen LogP contribution < -0.4 is 0 Å². The molecule has 0 bridgehead atoms. The summed E-state index contributed by atoms with van der Waals surface area (Å²) in [6, 6.07) is 0. The molecule has 7 nitrogen and oxygen atoms in total. The average molecular weight is 753 g/mol. The number of hydrogen-bond acceptors (Lipinski definition) is 7. The van der Waals surface area contributed by atoms with E-state index in [1.165, 1.54) is 141 Å². The zero-order chi connectivity index (χ0) is 39.3. The van der Waals surface area contributed by atoms with Crippen molar-refractivity contribution >= 4 is 17.5 Å². The number of carbonyl (C=O) groups excluding carboxylic acids is 3. The van der Waals surface area contributed by atoms with Gasteiger partial charge in [-0.3, -0.25) is 14.4 Å². The largest absolute Gasteiger partial charge is 0.462 e. The number of Topliss-reactive ketones (excluding diaryl/α,β-unsaturated/α-hetero) is 2. The molecule has 0 saturated carbocycles. The molecule has 0 spiro atoms. The molecule has 7 heteroatoms. The molecule has 2 atom stereocenters. The number of ketones is 2. The molecule has 0 heterocycles. The van der Waals surface area contributed by atoms with Crippen molar-refractivity contribution in [1.82, 2.24) is 0 Å². The summed E-state index contributed by atoms with van der Waals surface area (Å²) < 4.78 is 5.25. The van der Waals surface area contributed by atoms with E-state index in [0.29, 0.717) is 19.3 Å². The Morgan fingerprint density at radius 3 is 0.906 bits per heavy atom. The second kappa shape index (κ2) is 37.6. The number of hydrogen-bond donors (Lipinski definition) is 3. The van der Waals surface area contributed by atoms with E-state index >= 15 is 0 Å². The van der Waals surface area contributed by atoms with Crippen molar-refractivity contribution < 1.29 is 34.4 Å². The Balaban J connectivity index is 4.51. The van der Waals surface area contributed by atoms with Gasteiger partial charge in [0.05, 0.1) is 0 Å². The fourth-order valence-electron chi connectivity index (χ4n) is 7.27. The summed E-state index contributed by atoms with van der Waals surface area (Å²) in [6.45, 7) is 5.73. The molecule has 2 unspecified atom stereocenters. The molecule has 0 amide bonds. The number of unbranched alkanes of at least 4 members (excludes halogenated alkanes) is 30. The van der Waals surface area contributed by atoms with Crippen molar-refractivity contribution in [3.05, 3.63) is 0 Å². The maximum Gasteiger partial charge on any atom is 0.305 e. The predicted octanol–water partition coefficient (Wildman–Crippen LogP) is 12.2. The van der Waals surface area contributed by atoms with Crippen LogP contribution in [0.25, 0.3) is 0 Å². The highest BCUT2D eigenvalue weighted by Gasteiger charge is 2.50. The van der Waals surface area contributed by atoms with Crippen LogP contribution in [0.4, 0.5) is 0 Å². The van der Waals surface area contributed by atoms with Crippen LogP contribution in [-0.2, 0) is 19.1 Å². The summed E-state index contributed by atoms with van der Waals surface area (Å²) in [7, 11) is 0. The number of ether oxygens (including phenoxy) is 1. The lowest BCUT2D eigenvalue weighted by Crippen LogP contribution is -2.61. The first-order valence-corrected chi connectivity index (χ1v) is 23.0. The van der Waals surface area contributed by atoms with E-state index in [0.717, 1.165) is 51.4 Å². The van der Waals surface area contributed by atoms with Crippen LogP contribution in [0.2, 0.25) is 0 Å². The van der Waals surface area contributed by atoms with Gasteiger partial charge in [-0.2, -0.15) is 0 Å². The molecule has 0 fully saturated rings. The Morgan fingerprint density at radius 2 is 0.623 bits per heavy atom. The summed E-state index contributed by atoms with van der Waals surface area (Å²) in [5.41, 5.74) is -2.57. The van der Waals surface area contributed by atoms with Crippen molar-refractivity contribution in [2.24, 2.45) is 0 Å². The predicted molar refractivity (Wildman–Crippen MR) is 221 cm³/mol. The highest BCUT2D eigenvalue weighted by molar-refractivity contribution is 5.89. The normalized spacial score (nSPS) is 13.8. The van der Waals surface area contributed by atoms with Gasteiger partial charge in [-0.15, -0.1) is 0 Å². The van der Waals surface area contributed by atoms with Gasteiger partial charge in [0.15, 0.2) is 17.2 Å². The van der Waals surface area contributed by atoms with Crippen molar-refractivity contribution in [2.45, 2.75) is 270 Å². The maximum absolute atomic E-state index is 13.0. The standard InChI is InChI=1S/C46H88O7/c1-4-7-10-12-14-16-18-20-22-24-26-28-30-32-35-37-41(47)44(50)46(52,40-53-43(49)39-34-9-6-3)45(51)42(48)38-36-33-31-29-27-25-23-21-19-17-15-13-11-8-5-2/h44-45,50-52H,4-40H2,1-3H3. The summed E-state index contributed by atoms with van der Waals surface area (Å²) in [5.74, 6) is -1.85. The fraction of sp³-hybridized carbons (Fsp3) is 0.935. The minimum atomic E-state index is -2.57. The highest BCUT2D eigenvalue weighted by Crippen LogP contribution is 2.24. The van der Waals surface area contributed by atoms with Crippen LogP contribution >= 0.6 is 0 Å². The van der Waals surface area contributed by atoms with Crippen molar-refractivity contribution in [2.75, 3.05) is 6.61 Å². The third-order valence-electron chi connectivity index (χ3n) is 11.1. The SMILES string of the molecule is CCCCCCCCCCCCCCCCCC(=O)C(O)C(O)(COC(=O)CCCCC)C(O)C(=O)CCCCCCCCCCCCCCCCC. The summed E-state index contributed by atoms with van der Waals surface area (Å²) in [5, 5.41) is 33.4. The Hall–Kier alpha value is -1.31.